The summed E-state index contributed by atoms with van der Waals surface area (Å²) >= 11 is 0. The smallest absolute Gasteiger partial charge is 0.0452 e. The maximum atomic E-state index is 3.56. The van der Waals surface area contributed by atoms with Crippen molar-refractivity contribution in [3.8, 4) is 0 Å². The molecule has 0 bridgehead atoms. The molecule has 0 fully saturated rings. The Morgan fingerprint density at radius 3 is 2.56 bits per heavy atom. The minimum atomic E-state index is 1.04. The lowest BCUT2D eigenvalue weighted by Crippen LogP contribution is -2.03. The molecule has 2 aromatic carbocycles. The molecule has 2 rings (SSSR count). The summed E-state index contributed by atoms with van der Waals surface area (Å²) in [4.78, 5) is 0. The average Bonchev–Trinajstić information content (AvgIpc) is 2.35. The first-order chi connectivity index (χ1) is 7.86. The van der Waals surface area contributed by atoms with Crippen molar-refractivity contribution in [1.82, 2.24) is 0 Å². The normalized spacial score (nSPS) is 10.6. The van der Waals surface area contributed by atoms with Gasteiger partial charge in [0.25, 0.3) is 0 Å². The lowest BCUT2D eigenvalue weighted by atomic mass is 10.0. The molecule has 0 heterocycles. The Morgan fingerprint density at radius 2 is 1.81 bits per heavy atom. The van der Waals surface area contributed by atoms with Crippen LogP contribution in [-0.4, -0.2) is 6.54 Å². The van der Waals surface area contributed by atoms with E-state index in [2.05, 4.69) is 55.6 Å². The van der Waals surface area contributed by atoms with E-state index < -0.39 is 0 Å². The number of anilines is 1. The highest BCUT2D eigenvalue weighted by Crippen LogP contribution is 2.27. The van der Waals surface area contributed by atoms with Crippen LogP contribution in [0.5, 0.6) is 0 Å². The molecule has 0 aliphatic heterocycles. The van der Waals surface area contributed by atoms with Crippen molar-refractivity contribution in [2.75, 3.05) is 11.9 Å². The second-order valence-electron chi connectivity index (χ2n) is 4.10. The number of hydrogen-bond acceptors (Lipinski definition) is 1. The van der Waals surface area contributed by atoms with Gasteiger partial charge in [0.05, 0.1) is 0 Å². The van der Waals surface area contributed by atoms with Gasteiger partial charge >= 0.3 is 0 Å². The van der Waals surface area contributed by atoms with E-state index in [1.54, 1.807) is 0 Å². The second-order valence-corrected chi connectivity index (χ2v) is 4.10. The van der Waals surface area contributed by atoms with Gasteiger partial charge in [-0.2, -0.15) is 0 Å². The summed E-state index contributed by atoms with van der Waals surface area (Å²) in [6.07, 6.45) is 2.24. The molecule has 0 radical (unpaired) electrons. The Bertz CT molecular complexity index is 474. The van der Waals surface area contributed by atoms with Crippen LogP contribution in [0.1, 0.15) is 25.8 Å². The molecule has 0 amide bonds. The van der Waals surface area contributed by atoms with Gasteiger partial charge in [-0.3, -0.25) is 0 Å². The topological polar surface area (TPSA) is 12.0 Å². The van der Waals surface area contributed by atoms with Crippen molar-refractivity contribution < 1.29 is 0 Å². The van der Waals surface area contributed by atoms with E-state index in [0.717, 1.165) is 19.4 Å². The van der Waals surface area contributed by atoms with Gasteiger partial charge in [0.1, 0.15) is 0 Å². The van der Waals surface area contributed by atoms with Crippen LogP contribution in [0.25, 0.3) is 10.8 Å². The van der Waals surface area contributed by atoms with Gasteiger partial charge in [-0.05, 0) is 23.8 Å². The largest absolute Gasteiger partial charge is 0.384 e. The highest BCUT2D eigenvalue weighted by atomic mass is 14.9. The monoisotopic (exact) mass is 213 g/mol. The van der Waals surface area contributed by atoms with Crippen LogP contribution in [-0.2, 0) is 6.42 Å². The van der Waals surface area contributed by atoms with Crippen LogP contribution in [0.15, 0.2) is 36.4 Å². The standard InChI is InChI=1S/C15H19N/c1-3-11-16-15-12(4-2)9-10-13-7-5-6-8-14(13)15/h5-10,16H,3-4,11H2,1-2H3. The van der Waals surface area contributed by atoms with Gasteiger partial charge in [0, 0.05) is 17.6 Å². The fraction of sp³-hybridized carbons (Fsp3) is 0.333. The molecule has 0 saturated carbocycles. The van der Waals surface area contributed by atoms with E-state index in [0.29, 0.717) is 0 Å². The molecule has 0 aliphatic carbocycles. The average molecular weight is 213 g/mol. The third-order valence-electron chi connectivity index (χ3n) is 2.95. The number of benzene rings is 2. The molecule has 0 spiro atoms. The lowest BCUT2D eigenvalue weighted by molar-refractivity contribution is 0.975. The van der Waals surface area contributed by atoms with Crippen LogP contribution >= 0.6 is 0 Å². The quantitative estimate of drug-likeness (QED) is 0.801. The zero-order valence-corrected chi connectivity index (χ0v) is 10.1. The first kappa shape index (κ1) is 11.0. The second kappa shape index (κ2) is 5.02. The molecule has 0 atom stereocenters. The van der Waals surface area contributed by atoms with E-state index in [-0.39, 0.29) is 0 Å². The summed E-state index contributed by atoms with van der Waals surface area (Å²) in [6.45, 7) is 5.45. The van der Waals surface area contributed by atoms with E-state index in [9.17, 15) is 0 Å². The summed E-state index contributed by atoms with van der Waals surface area (Å²) in [5.74, 6) is 0. The summed E-state index contributed by atoms with van der Waals surface area (Å²) < 4.78 is 0. The molecular formula is C15H19N. The summed E-state index contributed by atoms with van der Waals surface area (Å²) in [6, 6.07) is 13.0. The molecule has 16 heavy (non-hydrogen) atoms. The Morgan fingerprint density at radius 1 is 1.00 bits per heavy atom. The summed E-state index contributed by atoms with van der Waals surface area (Å²) in [7, 11) is 0. The fourth-order valence-electron chi connectivity index (χ4n) is 2.07. The Balaban J connectivity index is 2.54. The maximum absolute atomic E-state index is 3.56. The molecule has 1 N–H and O–H groups in total. The van der Waals surface area contributed by atoms with Gasteiger partial charge in [0.2, 0.25) is 0 Å². The van der Waals surface area contributed by atoms with Gasteiger partial charge in [-0.1, -0.05) is 50.2 Å². The number of nitrogens with one attached hydrogen (secondary N) is 1. The zero-order valence-electron chi connectivity index (χ0n) is 10.1. The van der Waals surface area contributed by atoms with Gasteiger partial charge < -0.3 is 5.32 Å². The predicted molar refractivity (Wildman–Crippen MR) is 72.1 cm³/mol. The van der Waals surface area contributed by atoms with E-state index in [4.69, 9.17) is 0 Å². The number of hydrogen-bond donors (Lipinski definition) is 1. The number of rotatable bonds is 4. The molecule has 84 valence electrons. The van der Waals surface area contributed by atoms with Gasteiger partial charge in [-0.15, -0.1) is 0 Å². The number of aryl methyl sites for hydroxylation is 1. The molecule has 2 aromatic rings. The Hall–Kier alpha value is -1.50. The fourth-order valence-corrected chi connectivity index (χ4v) is 2.07. The molecule has 1 nitrogen and oxygen atoms in total. The van der Waals surface area contributed by atoms with Crippen molar-refractivity contribution in [3.05, 3.63) is 42.0 Å². The van der Waals surface area contributed by atoms with Crippen molar-refractivity contribution in [1.29, 1.82) is 0 Å². The van der Waals surface area contributed by atoms with Crippen molar-refractivity contribution in [2.24, 2.45) is 0 Å². The summed E-state index contributed by atoms with van der Waals surface area (Å²) in [5, 5.41) is 6.22. The maximum Gasteiger partial charge on any atom is 0.0452 e. The SMILES string of the molecule is CCCNc1c(CC)ccc2ccccc12. The molecule has 0 saturated heterocycles. The van der Waals surface area contributed by atoms with E-state index in [1.165, 1.54) is 22.0 Å². The van der Waals surface area contributed by atoms with Crippen molar-refractivity contribution in [3.63, 3.8) is 0 Å². The van der Waals surface area contributed by atoms with E-state index >= 15 is 0 Å². The van der Waals surface area contributed by atoms with Crippen LogP contribution in [0.3, 0.4) is 0 Å². The van der Waals surface area contributed by atoms with Gasteiger partial charge in [-0.25, -0.2) is 0 Å². The Kier molecular flexibility index (Phi) is 3.45. The molecule has 0 unspecified atom stereocenters. The molecular weight excluding hydrogens is 194 g/mol. The molecule has 1 heteroatoms. The van der Waals surface area contributed by atoms with Crippen LogP contribution in [0.4, 0.5) is 5.69 Å². The third kappa shape index (κ3) is 2.04. The highest BCUT2D eigenvalue weighted by Gasteiger charge is 2.04. The molecule has 0 aliphatic rings. The van der Waals surface area contributed by atoms with Crippen LogP contribution in [0.2, 0.25) is 0 Å². The Labute approximate surface area is 97.5 Å². The number of fused-ring (bicyclic) bond motifs is 1. The van der Waals surface area contributed by atoms with Crippen molar-refractivity contribution >= 4 is 16.5 Å². The first-order valence-electron chi connectivity index (χ1n) is 6.11. The molecule has 0 aromatic heterocycles. The van der Waals surface area contributed by atoms with E-state index in [1.807, 2.05) is 0 Å². The minimum absolute atomic E-state index is 1.04. The summed E-state index contributed by atoms with van der Waals surface area (Å²) in [5.41, 5.74) is 2.73. The predicted octanol–water partition coefficient (Wildman–Crippen LogP) is 4.22. The van der Waals surface area contributed by atoms with Crippen LogP contribution < -0.4 is 5.32 Å². The highest BCUT2D eigenvalue weighted by molar-refractivity contribution is 5.95. The van der Waals surface area contributed by atoms with Crippen LogP contribution in [0, 0.1) is 0 Å². The lowest BCUT2D eigenvalue weighted by Gasteiger charge is -2.13. The first-order valence-corrected chi connectivity index (χ1v) is 6.11. The zero-order chi connectivity index (χ0) is 11.4. The van der Waals surface area contributed by atoms with Gasteiger partial charge in [0.15, 0.2) is 0 Å². The third-order valence-corrected chi connectivity index (χ3v) is 2.95. The van der Waals surface area contributed by atoms with Crippen molar-refractivity contribution in [2.45, 2.75) is 26.7 Å². The minimum Gasteiger partial charge on any atom is -0.384 e.